The Hall–Kier alpha value is -0.970. The van der Waals surface area contributed by atoms with Gasteiger partial charge in [0.1, 0.15) is 5.01 Å². The molecule has 1 N–H and O–H groups in total. The Labute approximate surface area is 107 Å². The van der Waals surface area contributed by atoms with Gasteiger partial charge in [0.05, 0.1) is 0 Å². The molecule has 1 aromatic heterocycles. The molecule has 1 aromatic rings. The summed E-state index contributed by atoms with van der Waals surface area (Å²) in [6.07, 6.45) is 1.40. The minimum absolute atomic E-state index is 0.0125. The quantitative estimate of drug-likeness (QED) is 0.899. The van der Waals surface area contributed by atoms with E-state index in [0.29, 0.717) is 17.5 Å². The summed E-state index contributed by atoms with van der Waals surface area (Å²) in [5, 5.41) is 12.4. The molecule has 1 amide bonds. The fourth-order valence-corrected chi connectivity index (χ4v) is 2.43. The molecule has 1 heterocycles. The van der Waals surface area contributed by atoms with Crippen LogP contribution in [0.1, 0.15) is 46.0 Å². The summed E-state index contributed by atoms with van der Waals surface area (Å²) in [5.74, 6) is 0.371. The topological polar surface area (TPSA) is 54.9 Å². The lowest BCUT2D eigenvalue weighted by molar-refractivity contribution is -0.116. The second-order valence-electron chi connectivity index (χ2n) is 5.88. The van der Waals surface area contributed by atoms with E-state index < -0.39 is 0 Å². The van der Waals surface area contributed by atoms with Gasteiger partial charge in [0.25, 0.3) is 0 Å². The highest BCUT2D eigenvalue weighted by atomic mass is 32.1. The minimum atomic E-state index is 0.0125. The van der Waals surface area contributed by atoms with Crippen molar-refractivity contribution in [3.63, 3.8) is 0 Å². The molecule has 0 spiro atoms. The van der Waals surface area contributed by atoms with Gasteiger partial charge in [-0.15, -0.1) is 10.2 Å². The third-order valence-corrected chi connectivity index (χ3v) is 2.83. The zero-order valence-corrected chi connectivity index (χ0v) is 12.0. The molecule has 0 bridgehead atoms. The number of amides is 1. The molecule has 17 heavy (non-hydrogen) atoms. The Balaban J connectivity index is 2.54. The largest absolute Gasteiger partial charge is 0.301 e. The van der Waals surface area contributed by atoms with Crippen LogP contribution in [0.4, 0.5) is 5.13 Å². The van der Waals surface area contributed by atoms with Crippen LogP contribution in [0.15, 0.2) is 0 Å². The number of hydrogen-bond donors (Lipinski definition) is 1. The highest BCUT2D eigenvalue weighted by Gasteiger charge is 2.16. The Morgan fingerprint density at radius 3 is 2.53 bits per heavy atom. The van der Waals surface area contributed by atoms with E-state index in [-0.39, 0.29) is 11.3 Å². The smallest absolute Gasteiger partial charge is 0.226 e. The van der Waals surface area contributed by atoms with Crippen molar-refractivity contribution in [3.05, 3.63) is 5.01 Å². The molecule has 0 aliphatic rings. The average Bonchev–Trinajstić information content (AvgIpc) is 2.46. The second-order valence-corrected chi connectivity index (χ2v) is 6.95. The van der Waals surface area contributed by atoms with Gasteiger partial charge in [0.15, 0.2) is 0 Å². The Morgan fingerprint density at radius 1 is 1.35 bits per heavy atom. The van der Waals surface area contributed by atoms with Crippen molar-refractivity contribution < 1.29 is 4.79 Å². The highest BCUT2D eigenvalue weighted by molar-refractivity contribution is 7.15. The molecule has 0 fully saturated rings. The summed E-state index contributed by atoms with van der Waals surface area (Å²) in [7, 11) is 0. The molecule has 1 rings (SSSR count). The van der Waals surface area contributed by atoms with Gasteiger partial charge in [-0.25, -0.2) is 0 Å². The first-order valence-electron chi connectivity index (χ1n) is 5.88. The molecule has 0 aromatic carbocycles. The fourth-order valence-electron chi connectivity index (χ4n) is 1.37. The van der Waals surface area contributed by atoms with Crippen LogP contribution in [0.2, 0.25) is 0 Å². The summed E-state index contributed by atoms with van der Waals surface area (Å²) in [6.45, 7) is 10.5. The average molecular weight is 255 g/mol. The first kappa shape index (κ1) is 14.1. The van der Waals surface area contributed by atoms with Crippen LogP contribution in [0.3, 0.4) is 0 Å². The van der Waals surface area contributed by atoms with Gasteiger partial charge in [-0.05, 0) is 11.3 Å². The standard InChI is InChI=1S/C12H21N3OS/c1-8(2)6-9(16)13-11-15-14-10(17-11)7-12(3,4)5/h8H,6-7H2,1-5H3,(H,13,15,16). The van der Waals surface area contributed by atoms with E-state index in [9.17, 15) is 4.79 Å². The summed E-state index contributed by atoms with van der Waals surface area (Å²) in [4.78, 5) is 11.5. The van der Waals surface area contributed by atoms with E-state index in [1.807, 2.05) is 13.8 Å². The van der Waals surface area contributed by atoms with Crippen LogP contribution in [0.5, 0.6) is 0 Å². The van der Waals surface area contributed by atoms with Crippen LogP contribution >= 0.6 is 11.3 Å². The monoisotopic (exact) mass is 255 g/mol. The summed E-state index contributed by atoms with van der Waals surface area (Å²) in [5.41, 5.74) is 0.193. The first-order valence-corrected chi connectivity index (χ1v) is 6.70. The normalized spacial score (nSPS) is 11.9. The van der Waals surface area contributed by atoms with Crippen molar-refractivity contribution in [3.8, 4) is 0 Å². The van der Waals surface area contributed by atoms with E-state index >= 15 is 0 Å². The highest BCUT2D eigenvalue weighted by Crippen LogP contribution is 2.24. The Morgan fingerprint density at radius 2 is 2.00 bits per heavy atom. The van der Waals surface area contributed by atoms with Crippen molar-refractivity contribution in [2.75, 3.05) is 5.32 Å². The predicted octanol–water partition coefficient (Wildman–Crippen LogP) is 3.11. The van der Waals surface area contributed by atoms with Gasteiger partial charge >= 0.3 is 0 Å². The van der Waals surface area contributed by atoms with Crippen molar-refractivity contribution in [1.82, 2.24) is 10.2 Å². The van der Waals surface area contributed by atoms with Crippen LogP contribution in [-0.2, 0) is 11.2 Å². The van der Waals surface area contributed by atoms with Gasteiger partial charge in [0, 0.05) is 12.8 Å². The number of hydrogen-bond acceptors (Lipinski definition) is 4. The van der Waals surface area contributed by atoms with Crippen LogP contribution in [0.25, 0.3) is 0 Å². The van der Waals surface area contributed by atoms with Gasteiger partial charge in [-0.2, -0.15) is 0 Å². The van der Waals surface area contributed by atoms with E-state index in [2.05, 4.69) is 36.3 Å². The molecular weight excluding hydrogens is 234 g/mol. The van der Waals surface area contributed by atoms with Crippen molar-refractivity contribution >= 4 is 22.4 Å². The van der Waals surface area contributed by atoms with Gasteiger partial charge in [0.2, 0.25) is 11.0 Å². The lowest BCUT2D eigenvalue weighted by atomic mass is 9.93. The molecule has 0 aliphatic heterocycles. The Bertz CT molecular complexity index is 379. The molecule has 96 valence electrons. The number of nitrogens with one attached hydrogen (secondary N) is 1. The number of nitrogens with zero attached hydrogens (tertiary/aromatic N) is 2. The molecule has 0 unspecified atom stereocenters. The van der Waals surface area contributed by atoms with Crippen molar-refractivity contribution in [1.29, 1.82) is 0 Å². The SMILES string of the molecule is CC(C)CC(=O)Nc1nnc(CC(C)(C)C)s1. The summed E-state index contributed by atoms with van der Waals surface area (Å²) >= 11 is 1.46. The molecular formula is C12H21N3OS. The number of carbonyl (C=O) groups excluding carboxylic acids is 1. The minimum Gasteiger partial charge on any atom is -0.301 e. The number of aromatic nitrogens is 2. The lowest BCUT2D eigenvalue weighted by Gasteiger charge is -2.14. The van der Waals surface area contributed by atoms with Crippen molar-refractivity contribution in [2.24, 2.45) is 11.3 Å². The molecule has 0 aliphatic carbocycles. The van der Waals surface area contributed by atoms with Crippen LogP contribution < -0.4 is 5.32 Å². The number of rotatable bonds is 4. The number of anilines is 1. The zero-order chi connectivity index (χ0) is 13.1. The zero-order valence-electron chi connectivity index (χ0n) is 11.2. The molecule has 0 radical (unpaired) electrons. The maximum atomic E-state index is 11.5. The third kappa shape index (κ3) is 5.77. The maximum Gasteiger partial charge on any atom is 0.226 e. The molecule has 0 saturated heterocycles. The van der Waals surface area contributed by atoms with E-state index in [4.69, 9.17) is 0 Å². The molecule has 0 saturated carbocycles. The third-order valence-electron chi connectivity index (χ3n) is 1.99. The van der Waals surface area contributed by atoms with Gasteiger partial charge in [-0.3, -0.25) is 4.79 Å². The maximum absolute atomic E-state index is 11.5. The Kier molecular flexibility index (Phi) is 4.62. The van der Waals surface area contributed by atoms with Gasteiger partial charge in [-0.1, -0.05) is 46.0 Å². The first-order chi connectivity index (χ1) is 7.76. The van der Waals surface area contributed by atoms with Gasteiger partial charge < -0.3 is 5.32 Å². The number of carbonyl (C=O) groups is 1. The molecule has 5 heteroatoms. The van der Waals surface area contributed by atoms with E-state index in [1.54, 1.807) is 0 Å². The van der Waals surface area contributed by atoms with E-state index in [0.717, 1.165) is 11.4 Å². The molecule has 0 atom stereocenters. The van der Waals surface area contributed by atoms with E-state index in [1.165, 1.54) is 11.3 Å². The second kappa shape index (κ2) is 5.58. The van der Waals surface area contributed by atoms with Crippen molar-refractivity contribution in [2.45, 2.75) is 47.5 Å². The fraction of sp³-hybridized carbons (Fsp3) is 0.750. The van der Waals surface area contributed by atoms with Crippen LogP contribution in [-0.4, -0.2) is 16.1 Å². The molecule has 4 nitrogen and oxygen atoms in total. The summed E-state index contributed by atoms with van der Waals surface area (Å²) < 4.78 is 0. The summed E-state index contributed by atoms with van der Waals surface area (Å²) in [6, 6.07) is 0. The van der Waals surface area contributed by atoms with Crippen LogP contribution in [0, 0.1) is 11.3 Å². The predicted molar refractivity (Wildman–Crippen MR) is 71.2 cm³/mol. The lowest BCUT2D eigenvalue weighted by Crippen LogP contribution is -2.13.